The van der Waals surface area contributed by atoms with Gasteiger partial charge in [-0.3, -0.25) is 23.4 Å². The van der Waals surface area contributed by atoms with Crippen molar-refractivity contribution in [2.45, 2.75) is 72.1 Å². The van der Waals surface area contributed by atoms with Gasteiger partial charge in [0.05, 0.1) is 5.69 Å². The van der Waals surface area contributed by atoms with Gasteiger partial charge >= 0.3 is 5.69 Å². The number of likely N-dealkylation sites (tertiary alicyclic amines) is 1. The Hall–Kier alpha value is -3.16. The molecule has 0 N–H and O–H groups in total. The van der Waals surface area contributed by atoms with Crippen LogP contribution in [0.15, 0.2) is 39.9 Å². The standard InChI is InChI=1S/C24H31N5O3/c1-4-29-22-21(18(3)25-29)28(16-20(30)26-14-9-8-10-17(26)2)24(32)27(23(22)31)15-13-19-11-6-5-7-12-19/h5-7,11-12,17H,4,8-10,13-16H2,1-3H3. The summed E-state index contributed by atoms with van der Waals surface area (Å²) < 4.78 is 4.35. The van der Waals surface area contributed by atoms with Gasteiger partial charge in [-0.15, -0.1) is 0 Å². The van der Waals surface area contributed by atoms with Crippen LogP contribution in [0.5, 0.6) is 0 Å². The SMILES string of the molecule is CCn1nc(C)c2c1c(=O)n(CCc1ccccc1)c(=O)n2CC(=O)N1CCCCC1C. The molecule has 0 saturated carbocycles. The number of benzene rings is 1. The van der Waals surface area contributed by atoms with E-state index in [1.165, 1.54) is 9.13 Å². The average Bonchev–Trinajstić information content (AvgIpc) is 3.14. The fraction of sp³-hybridized carbons (Fsp3) is 0.500. The first-order chi connectivity index (χ1) is 15.4. The Morgan fingerprint density at radius 2 is 1.84 bits per heavy atom. The maximum atomic E-state index is 13.5. The Kier molecular flexibility index (Phi) is 6.30. The molecule has 0 spiro atoms. The van der Waals surface area contributed by atoms with Crippen LogP contribution in [0, 0.1) is 6.92 Å². The highest BCUT2D eigenvalue weighted by atomic mass is 16.2. The predicted molar refractivity (Wildman–Crippen MR) is 124 cm³/mol. The zero-order valence-electron chi connectivity index (χ0n) is 19.1. The topological polar surface area (TPSA) is 82.1 Å². The average molecular weight is 438 g/mol. The molecule has 1 atom stereocenters. The highest BCUT2D eigenvalue weighted by molar-refractivity contribution is 5.81. The summed E-state index contributed by atoms with van der Waals surface area (Å²) in [5.74, 6) is -0.0856. The van der Waals surface area contributed by atoms with Gasteiger partial charge in [0.1, 0.15) is 12.1 Å². The number of fused-ring (bicyclic) bond motifs is 1. The van der Waals surface area contributed by atoms with Gasteiger partial charge in [-0.05, 0) is 52.0 Å². The van der Waals surface area contributed by atoms with Crippen LogP contribution in [0.4, 0.5) is 0 Å². The number of hydrogen-bond donors (Lipinski definition) is 0. The second kappa shape index (κ2) is 9.14. The molecule has 8 heteroatoms. The van der Waals surface area contributed by atoms with Gasteiger partial charge in [0.25, 0.3) is 5.56 Å². The van der Waals surface area contributed by atoms with Crippen LogP contribution in [-0.4, -0.2) is 42.3 Å². The van der Waals surface area contributed by atoms with Crippen LogP contribution in [0.1, 0.15) is 44.4 Å². The fourth-order valence-electron chi connectivity index (χ4n) is 4.72. The van der Waals surface area contributed by atoms with Crippen molar-refractivity contribution in [1.82, 2.24) is 23.8 Å². The molecule has 1 saturated heterocycles. The third-order valence-corrected chi connectivity index (χ3v) is 6.46. The zero-order chi connectivity index (χ0) is 22.8. The van der Waals surface area contributed by atoms with E-state index in [2.05, 4.69) is 12.0 Å². The number of carbonyl (C=O) groups excluding carboxylic acids is 1. The van der Waals surface area contributed by atoms with Gasteiger partial charge in [-0.2, -0.15) is 5.10 Å². The summed E-state index contributed by atoms with van der Waals surface area (Å²) in [6, 6.07) is 9.92. The lowest BCUT2D eigenvalue weighted by molar-refractivity contribution is -0.135. The van der Waals surface area contributed by atoms with Crippen LogP contribution in [-0.2, 0) is 30.8 Å². The van der Waals surface area contributed by atoms with Crippen LogP contribution in [0.2, 0.25) is 0 Å². The molecule has 1 unspecified atom stereocenters. The summed E-state index contributed by atoms with van der Waals surface area (Å²) >= 11 is 0. The van der Waals surface area contributed by atoms with Crippen molar-refractivity contribution in [3.05, 3.63) is 62.4 Å². The molecule has 8 nitrogen and oxygen atoms in total. The van der Waals surface area contributed by atoms with E-state index in [9.17, 15) is 14.4 Å². The van der Waals surface area contributed by atoms with Crippen molar-refractivity contribution in [2.24, 2.45) is 0 Å². The molecular formula is C24H31N5O3. The summed E-state index contributed by atoms with van der Waals surface area (Å²) in [5.41, 5.74) is 1.69. The summed E-state index contributed by atoms with van der Waals surface area (Å²) in [6.45, 7) is 7.13. The lowest BCUT2D eigenvalue weighted by atomic mass is 10.0. The van der Waals surface area contributed by atoms with Crippen molar-refractivity contribution in [1.29, 1.82) is 0 Å². The van der Waals surface area contributed by atoms with Crippen molar-refractivity contribution >= 4 is 16.9 Å². The van der Waals surface area contributed by atoms with E-state index in [1.807, 2.05) is 42.2 Å². The van der Waals surface area contributed by atoms with E-state index in [-0.39, 0.29) is 30.6 Å². The summed E-state index contributed by atoms with van der Waals surface area (Å²) in [5, 5.41) is 4.48. The van der Waals surface area contributed by atoms with Gasteiger partial charge in [0, 0.05) is 25.7 Å². The minimum Gasteiger partial charge on any atom is -0.338 e. The number of aromatic nitrogens is 4. The molecule has 0 bridgehead atoms. The first-order valence-electron chi connectivity index (χ1n) is 11.5. The number of hydrogen-bond acceptors (Lipinski definition) is 4. The van der Waals surface area contributed by atoms with Crippen LogP contribution < -0.4 is 11.2 Å². The highest BCUT2D eigenvalue weighted by Crippen LogP contribution is 2.18. The molecule has 1 fully saturated rings. The Labute approximate surface area is 187 Å². The van der Waals surface area contributed by atoms with Gasteiger partial charge < -0.3 is 4.90 Å². The molecular weight excluding hydrogens is 406 g/mol. The summed E-state index contributed by atoms with van der Waals surface area (Å²) in [6.07, 6.45) is 3.61. The van der Waals surface area contributed by atoms with Gasteiger partial charge in [-0.1, -0.05) is 30.3 Å². The maximum absolute atomic E-state index is 13.5. The van der Waals surface area contributed by atoms with E-state index in [0.29, 0.717) is 36.2 Å². The molecule has 2 aromatic heterocycles. The number of carbonyl (C=O) groups is 1. The Morgan fingerprint density at radius 3 is 2.53 bits per heavy atom. The molecule has 0 radical (unpaired) electrons. The first kappa shape index (κ1) is 22.0. The number of aryl methyl sites for hydroxylation is 3. The van der Waals surface area contributed by atoms with Crippen molar-refractivity contribution in [3.8, 4) is 0 Å². The second-order valence-electron chi connectivity index (χ2n) is 8.59. The molecule has 3 heterocycles. The molecule has 1 aliphatic heterocycles. The molecule has 3 aromatic rings. The molecule has 170 valence electrons. The number of piperidine rings is 1. The number of nitrogens with zero attached hydrogens (tertiary/aromatic N) is 5. The quantitative estimate of drug-likeness (QED) is 0.593. The van der Waals surface area contributed by atoms with Crippen molar-refractivity contribution in [3.63, 3.8) is 0 Å². The van der Waals surface area contributed by atoms with E-state index >= 15 is 0 Å². The monoisotopic (exact) mass is 437 g/mol. The highest BCUT2D eigenvalue weighted by Gasteiger charge is 2.26. The van der Waals surface area contributed by atoms with E-state index < -0.39 is 5.69 Å². The molecule has 1 aliphatic rings. The first-order valence-corrected chi connectivity index (χ1v) is 11.5. The van der Waals surface area contributed by atoms with Crippen LogP contribution >= 0.6 is 0 Å². The fourth-order valence-corrected chi connectivity index (χ4v) is 4.72. The zero-order valence-corrected chi connectivity index (χ0v) is 19.1. The number of rotatable bonds is 6. The van der Waals surface area contributed by atoms with Crippen LogP contribution in [0.25, 0.3) is 11.0 Å². The van der Waals surface area contributed by atoms with Gasteiger partial charge in [-0.25, -0.2) is 4.79 Å². The second-order valence-corrected chi connectivity index (χ2v) is 8.59. The number of amides is 1. The molecule has 1 amide bonds. The van der Waals surface area contributed by atoms with Crippen molar-refractivity contribution in [2.75, 3.05) is 6.54 Å². The van der Waals surface area contributed by atoms with E-state index in [4.69, 9.17) is 0 Å². The molecule has 32 heavy (non-hydrogen) atoms. The molecule has 0 aliphatic carbocycles. The smallest absolute Gasteiger partial charge is 0.332 e. The van der Waals surface area contributed by atoms with E-state index in [0.717, 1.165) is 24.8 Å². The normalized spacial score (nSPS) is 16.6. The van der Waals surface area contributed by atoms with Crippen molar-refractivity contribution < 1.29 is 4.79 Å². The summed E-state index contributed by atoms with van der Waals surface area (Å²) in [4.78, 5) is 41.9. The van der Waals surface area contributed by atoms with E-state index in [1.54, 1.807) is 11.6 Å². The van der Waals surface area contributed by atoms with Crippen LogP contribution in [0.3, 0.4) is 0 Å². The summed E-state index contributed by atoms with van der Waals surface area (Å²) in [7, 11) is 0. The lowest BCUT2D eigenvalue weighted by Gasteiger charge is -2.33. The minimum absolute atomic E-state index is 0.0818. The Bertz CT molecular complexity index is 1240. The van der Waals surface area contributed by atoms with Gasteiger partial charge in [0.15, 0.2) is 5.52 Å². The predicted octanol–water partition coefficient (Wildman–Crippen LogP) is 2.33. The maximum Gasteiger partial charge on any atom is 0.332 e. The molecule has 4 rings (SSSR count). The third kappa shape index (κ3) is 4.01. The van der Waals surface area contributed by atoms with Gasteiger partial charge in [0.2, 0.25) is 5.91 Å². The third-order valence-electron chi connectivity index (χ3n) is 6.46. The molecule has 1 aromatic carbocycles. The lowest BCUT2D eigenvalue weighted by Crippen LogP contribution is -2.47. The Morgan fingerprint density at radius 1 is 1.09 bits per heavy atom. The minimum atomic E-state index is -0.449. The Balaban J connectivity index is 1.79. The largest absolute Gasteiger partial charge is 0.338 e.